The smallest absolute Gasteiger partial charge is 0.162 e. The Bertz CT molecular complexity index is 372. The van der Waals surface area contributed by atoms with Gasteiger partial charge in [0.05, 0.1) is 7.11 Å². The van der Waals surface area contributed by atoms with E-state index in [0.29, 0.717) is 17.9 Å². The Morgan fingerprint density at radius 3 is 2.71 bits per heavy atom. The van der Waals surface area contributed by atoms with Gasteiger partial charge in [-0.2, -0.15) is 0 Å². The number of nitrogens with two attached hydrogens (primary N) is 2. The predicted octanol–water partition coefficient (Wildman–Crippen LogP) is 2.29. The number of methoxy groups -OCH3 is 1. The minimum Gasteiger partial charge on any atom is -0.504 e. The first-order valence-electron chi connectivity index (χ1n) is 5.62. The summed E-state index contributed by atoms with van der Waals surface area (Å²) >= 11 is 3.37. The molecule has 1 aromatic carbocycles. The van der Waals surface area contributed by atoms with Gasteiger partial charge in [0.1, 0.15) is 0 Å². The third-order valence-electron chi connectivity index (χ3n) is 2.66. The van der Waals surface area contributed by atoms with Crippen molar-refractivity contribution in [2.75, 3.05) is 13.7 Å². The van der Waals surface area contributed by atoms with Crippen LogP contribution in [-0.2, 0) is 0 Å². The van der Waals surface area contributed by atoms with Crippen molar-refractivity contribution in [3.8, 4) is 11.5 Å². The van der Waals surface area contributed by atoms with Crippen LogP contribution in [0.4, 0.5) is 0 Å². The summed E-state index contributed by atoms with van der Waals surface area (Å²) in [7, 11) is 1.52. The van der Waals surface area contributed by atoms with Crippen LogP contribution in [0.15, 0.2) is 16.6 Å². The minimum absolute atomic E-state index is 0.121. The summed E-state index contributed by atoms with van der Waals surface area (Å²) < 4.78 is 5.93. The number of hydrogen-bond donors (Lipinski definition) is 3. The van der Waals surface area contributed by atoms with Crippen molar-refractivity contribution >= 4 is 15.9 Å². The molecule has 0 radical (unpaired) electrons. The summed E-state index contributed by atoms with van der Waals surface area (Å²) in [6.45, 7) is 0.667. The van der Waals surface area contributed by atoms with Crippen molar-refractivity contribution in [1.29, 1.82) is 0 Å². The zero-order chi connectivity index (χ0) is 12.8. The fraction of sp³-hybridized carbons (Fsp3) is 0.500. The number of hydrogen-bond acceptors (Lipinski definition) is 4. The molecule has 5 heteroatoms. The quantitative estimate of drug-likeness (QED) is 0.704. The first kappa shape index (κ1) is 14.3. The Morgan fingerprint density at radius 1 is 1.41 bits per heavy atom. The molecular formula is C12H19BrN2O2. The Hall–Kier alpha value is -0.780. The molecule has 0 aromatic heterocycles. The summed E-state index contributed by atoms with van der Waals surface area (Å²) in [5, 5.41) is 9.99. The van der Waals surface area contributed by atoms with Crippen molar-refractivity contribution < 1.29 is 9.84 Å². The van der Waals surface area contributed by atoms with E-state index < -0.39 is 0 Å². The van der Waals surface area contributed by atoms with E-state index in [2.05, 4.69) is 15.9 Å². The van der Waals surface area contributed by atoms with E-state index in [4.69, 9.17) is 16.2 Å². The van der Waals surface area contributed by atoms with Crippen molar-refractivity contribution in [3.05, 3.63) is 22.2 Å². The third kappa shape index (κ3) is 3.87. The molecule has 1 atom stereocenters. The largest absolute Gasteiger partial charge is 0.504 e. The van der Waals surface area contributed by atoms with E-state index >= 15 is 0 Å². The molecule has 0 aliphatic rings. The lowest BCUT2D eigenvalue weighted by Gasteiger charge is -2.16. The van der Waals surface area contributed by atoms with Gasteiger partial charge in [-0.25, -0.2) is 0 Å². The molecule has 0 aliphatic carbocycles. The number of unbranched alkanes of at least 4 members (excludes halogenated alkanes) is 1. The van der Waals surface area contributed by atoms with Crippen LogP contribution in [0.3, 0.4) is 0 Å². The molecule has 4 nitrogen and oxygen atoms in total. The fourth-order valence-corrected chi connectivity index (χ4v) is 2.15. The van der Waals surface area contributed by atoms with Gasteiger partial charge in [-0.3, -0.25) is 0 Å². The van der Waals surface area contributed by atoms with Crippen molar-refractivity contribution in [2.45, 2.75) is 25.3 Å². The number of phenolic OH excluding ortho intramolecular Hbond substituents is 1. The lowest BCUT2D eigenvalue weighted by molar-refractivity contribution is 0.367. The lowest BCUT2D eigenvalue weighted by Crippen LogP contribution is -2.11. The molecule has 17 heavy (non-hydrogen) atoms. The lowest BCUT2D eigenvalue weighted by atomic mass is 10.0. The van der Waals surface area contributed by atoms with Gasteiger partial charge < -0.3 is 21.3 Å². The second-order valence-corrected chi connectivity index (χ2v) is 4.85. The van der Waals surface area contributed by atoms with Crippen molar-refractivity contribution in [1.82, 2.24) is 0 Å². The molecule has 1 aromatic rings. The van der Waals surface area contributed by atoms with Gasteiger partial charge in [0.25, 0.3) is 0 Å². The molecule has 96 valence electrons. The Morgan fingerprint density at radius 2 is 2.12 bits per heavy atom. The second-order valence-electron chi connectivity index (χ2n) is 3.94. The van der Waals surface area contributed by atoms with Crippen molar-refractivity contribution in [2.24, 2.45) is 11.5 Å². The molecule has 1 rings (SSSR count). The van der Waals surface area contributed by atoms with Gasteiger partial charge in [0.15, 0.2) is 11.5 Å². The maximum Gasteiger partial charge on any atom is 0.162 e. The standard InChI is InChI=1S/C12H19BrN2O2/c1-17-11-7-8(13)6-9(12(11)16)10(15)4-2-3-5-14/h6-7,10,16H,2-5,14-15H2,1H3/t10-/m1/s1. The molecule has 0 heterocycles. The Labute approximate surface area is 110 Å². The second kappa shape index (κ2) is 6.83. The van der Waals surface area contributed by atoms with Crippen LogP contribution in [0.2, 0.25) is 0 Å². The van der Waals surface area contributed by atoms with Crippen LogP contribution in [0, 0.1) is 0 Å². The molecule has 0 unspecified atom stereocenters. The SMILES string of the molecule is COc1cc(Br)cc([C@H](N)CCCCN)c1O. The number of benzene rings is 1. The maximum absolute atomic E-state index is 9.99. The van der Waals surface area contributed by atoms with Crippen LogP contribution in [0.25, 0.3) is 0 Å². The zero-order valence-corrected chi connectivity index (χ0v) is 11.5. The van der Waals surface area contributed by atoms with Crippen LogP contribution >= 0.6 is 15.9 Å². The van der Waals surface area contributed by atoms with E-state index in [1.54, 1.807) is 6.07 Å². The number of halogens is 1. The van der Waals surface area contributed by atoms with Crippen LogP contribution in [0.1, 0.15) is 30.9 Å². The zero-order valence-electron chi connectivity index (χ0n) is 9.95. The van der Waals surface area contributed by atoms with Gasteiger partial charge >= 0.3 is 0 Å². The van der Waals surface area contributed by atoms with Gasteiger partial charge in [-0.05, 0) is 31.5 Å². The molecule has 0 saturated carbocycles. The minimum atomic E-state index is -0.201. The first-order valence-corrected chi connectivity index (χ1v) is 6.41. The Kier molecular flexibility index (Phi) is 5.74. The van der Waals surface area contributed by atoms with E-state index in [0.717, 1.165) is 23.7 Å². The summed E-state index contributed by atoms with van der Waals surface area (Å²) in [6.07, 6.45) is 2.69. The summed E-state index contributed by atoms with van der Waals surface area (Å²) in [4.78, 5) is 0. The normalized spacial score (nSPS) is 12.5. The fourth-order valence-electron chi connectivity index (χ4n) is 1.70. The number of ether oxygens (including phenoxy) is 1. The van der Waals surface area contributed by atoms with Crippen molar-refractivity contribution in [3.63, 3.8) is 0 Å². The predicted molar refractivity (Wildman–Crippen MR) is 72.2 cm³/mol. The third-order valence-corrected chi connectivity index (χ3v) is 3.12. The molecule has 0 saturated heterocycles. The highest BCUT2D eigenvalue weighted by Gasteiger charge is 2.15. The first-order chi connectivity index (χ1) is 8.10. The van der Waals surface area contributed by atoms with Gasteiger partial charge in [-0.1, -0.05) is 22.4 Å². The average Bonchev–Trinajstić information content (AvgIpc) is 2.31. The van der Waals surface area contributed by atoms with Gasteiger partial charge in [-0.15, -0.1) is 0 Å². The monoisotopic (exact) mass is 302 g/mol. The van der Waals surface area contributed by atoms with Crippen LogP contribution < -0.4 is 16.2 Å². The number of aromatic hydroxyl groups is 1. The molecule has 0 fully saturated rings. The molecule has 0 aliphatic heterocycles. The molecule has 0 bridgehead atoms. The van der Waals surface area contributed by atoms with Gasteiger partial charge in [0, 0.05) is 16.1 Å². The maximum atomic E-state index is 9.99. The highest BCUT2D eigenvalue weighted by Crippen LogP contribution is 2.37. The van der Waals surface area contributed by atoms with E-state index in [9.17, 15) is 5.11 Å². The Balaban J connectivity index is 2.84. The topological polar surface area (TPSA) is 81.5 Å². The van der Waals surface area contributed by atoms with E-state index in [1.165, 1.54) is 7.11 Å². The molecule has 0 amide bonds. The van der Waals surface area contributed by atoms with E-state index in [-0.39, 0.29) is 11.8 Å². The summed E-state index contributed by atoms with van der Waals surface area (Å²) in [5.41, 5.74) is 12.2. The van der Waals surface area contributed by atoms with E-state index in [1.807, 2.05) is 6.07 Å². The average molecular weight is 303 g/mol. The number of rotatable bonds is 6. The van der Waals surface area contributed by atoms with Crippen LogP contribution in [0.5, 0.6) is 11.5 Å². The van der Waals surface area contributed by atoms with Crippen LogP contribution in [-0.4, -0.2) is 18.8 Å². The highest BCUT2D eigenvalue weighted by molar-refractivity contribution is 9.10. The molecular weight excluding hydrogens is 284 g/mol. The summed E-state index contributed by atoms with van der Waals surface area (Å²) in [5.74, 6) is 0.555. The molecule has 0 spiro atoms. The summed E-state index contributed by atoms with van der Waals surface area (Å²) in [6, 6.07) is 3.34. The number of phenols is 1. The van der Waals surface area contributed by atoms with Gasteiger partial charge in [0.2, 0.25) is 0 Å². The molecule has 5 N–H and O–H groups in total. The highest BCUT2D eigenvalue weighted by atomic mass is 79.9.